The number of nitrogens with one attached hydrogen (secondary N) is 1. The highest BCUT2D eigenvalue weighted by molar-refractivity contribution is 5.82. The second-order valence-electron chi connectivity index (χ2n) is 5.37. The van der Waals surface area contributed by atoms with Gasteiger partial charge >= 0.3 is 0 Å². The molecule has 3 heteroatoms. The van der Waals surface area contributed by atoms with Crippen LogP contribution in [-0.2, 0) is 0 Å². The lowest BCUT2D eigenvalue weighted by atomic mass is 9.83. The van der Waals surface area contributed by atoms with Crippen LogP contribution in [0.3, 0.4) is 0 Å². The molecule has 0 spiro atoms. The molecule has 2 aliphatic carbocycles. The Balaban J connectivity index is 1.84. The lowest BCUT2D eigenvalue weighted by molar-refractivity contribution is 0.324. The summed E-state index contributed by atoms with van der Waals surface area (Å²) in [6.07, 6.45) is 13.2. The van der Waals surface area contributed by atoms with Crippen LogP contribution < -0.4 is 11.3 Å². The molecule has 0 aliphatic heterocycles. The van der Waals surface area contributed by atoms with E-state index in [-0.39, 0.29) is 0 Å². The molecule has 3 nitrogen and oxygen atoms in total. The summed E-state index contributed by atoms with van der Waals surface area (Å²) in [5.41, 5.74) is 2.82. The Hall–Kier alpha value is -0.570. The standard InChI is InChI=1S/C13H25N3/c14-16-13(10-11-6-5-7-11)15-12-8-3-1-2-4-9-12/h11-12H,1-10,14H2,(H,15,16). The van der Waals surface area contributed by atoms with Gasteiger partial charge in [0, 0.05) is 6.42 Å². The molecule has 3 N–H and O–H groups in total. The van der Waals surface area contributed by atoms with E-state index in [2.05, 4.69) is 5.43 Å². The van der Waals surface area contributed by atoms with Gasteiger partial charge in [-0.15, -0.1) is 0 Å². The molecule has 2 aliphatic rings. The highest BCUT2D eigenvalue weighted by Gasteiger charge is 2.20. The molecule has 0 radical (unpaired) electrons. The van der Waals surface area contributed by atoms with Gasteiger partial charge in [-0.05, 0) is 18.8 Å². The van der Waals surface area contributed by atoms with Crippen molar-refractivity contribution in [2.24, 2.45) is 16.8 Å². The van der Waals surface area contributed by atoms with Crippen molar-refractivity contribution in [1.82, 2.24) is 5.43 Å². The van der Waals surface area contributed by atoms with Crippen LogP contribution in [0.1, 0.15) is 64.2 Å². The first kappa shape index (κ1) is 11.9. The second-order valence-corrected chi connectivity index (χ2v) is 5.37. The fourth-order valence-electron chi connectivity index (χ4n) is 2.73. The number of hydrogen-bond acceptors (Lipinski definition) is 2. The Morgan fingerprint density at radius 2 is 1.69 bits per heavy atom. The third-order valence-corrected chi connectivity index (χ3v) is 4.04. The quantitative estimate of drug-likeness (QED) is 0.254. The highest BCUT2D eigenvalue weighted by atomic mass is 15.3. The first-order valence-corrected chi connectivity index (χ1v) is 6.92. The molecule has 92 valence electrons. The summed E-state index contributed by atoms with van der Waals surface area (Å²) < 4.78 is 0. The van der Waals surface area contributed by atoms with Crippen LogP contribution >= 0.6 is 0 Å². The van der Waals surface area contributed by atoms with E-state index in [4.69, 9.17) is 10.8 Å². The minimum absolute atomic E-state index is 0.536. The number of aliphatic imine (C=N–C) groups is 1. The summed E-state index contributed by atoms with van der Waals surface area (Å²) in [7, 11) is 0. The molecule has 0 aromatic rings. The van der Waals surface area contributed by atoms with Gasteiger partial charge in [0.25, 0.3) is 0 Å². The largest absolute Gasteiger partial charge is 0.312 e. The molecule has 0 saturated heterocycles. The number of amidine groups is 1. The van der Waals surface area contributed by atoms with Crippen molar-refractivity contribution in [3.8, 4) is 0 Å². The van der Waals surface area contributed by atoms with Crippen molar-refractivity contribution in [3.05, 3.63) is 0 Å². The maximum Gasteiger partial charge on any atom is 0.111 e. The molecular weight excluding hydrogens is 198 g/mol. The summed E-state index contributed by atoms with van der Waals surface area (Å²) >= 11 is 0. The number of rotatable bonds is 3. The van der Waals surface area contributed by atoms with E-state index in [1.807, 2.05) is 0 Å². The predicted molar refractivity (Wildman–Crippen MR) is 68.2 cm³/mol. The van der Waals surface area contributed by atoms with E-state index in [1.54, 1.807) is 0 Å². The molecule has 0 aromatic heterocycles. The minimum Gasteiger partial charge on any atom is -0.312 e. The molecule has 0 heterocycles. The maximum absolute atomic E-state index is 5.58. The van der Waals surface area contributed by atoms with Crippen LogP contribution in [-0.4, -0.2) is 11.9 Å². The van der Waals surface area contributed by atoms with E-state index in [0.717, 1.165) is 18.2 Å². The highest BCUT2D eigenvalue weighted by Crippen LogP contribution is 2.29. The van der Waals surface area contributed by atoms with Crippen LogP contribution in [0.4, 0.5) is 0 Å². The van der Waals surface area contributed by atoms with Crippen molar-refractivity contribution in [2.45, 2.75) is 70.3 Å². The second kappa shape index (κ2) is 6.24. The fourth-order valence-corrected chi connectivity index (χ4v) is 2.73. The topological polar surface area (TPSA) is 50.4 Å². The van der Waals surface area contributed by atoms with Gasteiger partial charge in [-0.3, -0.25) is 4.99 Å². The van der Waals surface area contributed by atoms with Crippen molar-refractivity contribution in [3.63, 3.8) is 0 Å². The first-order valence-electron chi connectivity index (χ1n) is 6.92. The molecule has 0 unspecified atom stereocenters. The van der Waals surface area contributed by atoms with Gasteiger partial charge in [0.1, 0.15) is 5.84 Å². The maximum atomic E-state index is 5.58. The number of nitrogens with two attached hydrogens (primary N) is 1. The van der Waals surface area contributed by atoms with Gasteiger partial charge in [-0.1, -0.05) is 44.9 Å². The Kier molecular flexibility index (Phi) is 4.64. The summed E-state index contributed by atoms with van der Waals surface area (Å²) in [5.74, 6) is 7.48. The normalized spacial score (nSPS) is 24.9. The Bertz CT molecular complexity index is 225. The summed E-state index contributed by atoms with van der Waals surface area (Å²) in [6, 6.07) is 0.536. The summed E-state index contributed by atoms with van der Waals surface area (Å²) in [4.78, 5) is 4.82. The minimum atomic E-state index is 0.536. The average Bonchev–Trinajstić information content (AvgIpc) is 2.50. The zero-order valence-electron chi connectivity index (χ0n) is 10.3. The van der Waals surface area contributed by atoms with Crippen molar-refractivity contribution in [1.29, 1.82) is 0 Å². The molecule has 16 heavy (non-hydrogen) atoms. The monoisotopic (exact) mass is 223 g/mol. The molecule has 0 atom stereocenters. The fraction of sp³-hybridized carbons (Fsp3) is 0.923. The van der Waals surface area contributed by atoms with Crippen molar-refractivity contribution in [2.75, 3.05) is 0 Å². The zero-order chi connectivity index (χ0) is 11.2. The first-order chi connectivity index (χ1) is 7.88. The van der Waals surface area contributed by atoms with Crippen molar-refractivity contribution >= 4 is 5.84 Å². The smallest absolute Gasteiger partial charge is 0.111 e. The van der Waals surface area contributed by atoms with E-state index < -0.39 is 0 Å². The predicted octanol–water partition coefficient (Wildman–Crippen LogP) is 2.76. The van der Waals surface area contributed by atoms with E-state index in [1.165, 1.54) is 57.8 Å². The van der Waals surface area contributed by atoms with Crippen LogP contribution in [0.25, 0.3) is 0 Å². The third-order valence-electron chi connectivity index (χ3n) is 4.04. The summed E-state index contributed by atoms with van der Waals surface area (Å²) in [5, 5.41) is 0. The van der Waals surface area contributed by atoms with Crippen LogP contribution in [0, 0.1) is 5.92 Å². The van der Waals surface area contributed by atoms with Gasteiger partial charge in [-0.25, -0.2) is 5.84 Å². The zero-order valence-corrected chi connectivity index (χ0v) is 10.3. The van der Waals surface area contributed by atoms with Crippen LogP contribution in [0.5, 0.6) is 0 Å². The van der Waals surface area contributed by atoms with Crippen LogP contribution in [0.15, 0.2) is 4.99 Å². The summed E-state index contributed by atoms with van der Waals surface area (Å²) in [6.45, 7) is 0. The van der Waals surface area contributed by atoms with Crippen LogP contribution in [0.2, 0.25) is 0 Å². The Labute approximate surface area is 98.9 Å². The molecule has 2 saturated carbocycles. The molecule has 2 fully saturated rings. The molecule has 0 bridgehead atoms. The van der Waals surface area contributed by atoms with Gasteiger partial charge in [0.2, 0.25) is 0 Å². The Morgan fingerprint density at radius 1 is 1.00 bits per heavy atom. The van der Waals surface area contributed by atoms with Gasteiger partial charge in [-0.2, -0.15) is 0 Å². The SMILES string of the molecule is NNC(CC1CCC1)=NC1CCCCCC1. The molecular formula is C13H25N3. The van der Waals surface area contributed by atoms with Gasteiger partial charge in [0.05, 0.1) is 6.04 Å². The number of hydrazine groups is 1. The lowest BCUT2D eigenvalue weighted by Gasteiger charge is -2.26. The lowest BCUT2D eigenvalue weighted by Crippen LogP contribution is -2.34. The van der Waals surface area contributed by atoms with E-state index in [0.29, 0.717) is 6.04 Å². The average molecular weight is 223 g/mol. The molecule has 2 rings (SSSR count). The van der Waals surface area contributed by atoms with E-state index >= 15 is 0 Å². The number of nitrogens with zero attached hydrogens (tertiary/aromatic N) is 1. The molecule has 0 amide bonds. The molecule has 0 aromatic carbocycles. The Morgan fingerprint density at radius 3 is 2.19 bits per heavy atom. The van der Waals surface area contributed by atoms with Gasteiger partial charge in [0.15, 0.2) is 0 Å². The van der Waals surface area contributed by atoms with Crippen molar-refractivity contribution < 1.29 is 0 Å². The van der Waals surface area contributed by atoms with E-state index in [9.17, 15) is 0 Å². The number of hydrogen-bond donors (Lipinski definition) is 2. The third kappa shape index (κ3) is 3.48. The van der Waals surface area contributed by atoms with Gasteiger partial charge < -0.3 is 5.43 Å².